The second-order valence-corrected chi connectivity index (χ2v) is 6.47. The Hall–Kier alpha value is -3.05. The molecule has 0 aliphatic carbocycles. The zero-order valence-corrected chi connectivity index (χ0v) is 15.5. The molecule has 2 unspecified atom stereocenters. The van der Waals surface area contributed by atoms with Gasteiger partial charge in [-0.1, -0.05) is 42.5 Å². The SMILES string of the molecule is COc1ccc(CNC2C(c3ccccc3)N=C3C=CC=CN32)cc1OC. The fourth-order valence-electron chi connectivity index (χ4n) is 3.49. The normalized spacial score (nSPS) is 20.4. The van der Waals surface area contributed by atoms with Gasteiger partial charge in [-0.3, -0.25) is 10.3 Å². The predicted molar refractivity (Wildman–Crippen MR) is 107 cm³/mol. The molecule has 4 rings (SSSR count). The lowest BCUT2D eigenvalue weighted by molar-refractivity contribution is 0.314. The van der Waals surface area contributed by atoms with E-state index in [9.17, 15) is 0 Å². The maximum absolute atomic E-state index is 5.42. The molecule has 0 fully saturated rings. The number of nitrogens with one attached hydrogen (secondary N) is 1. The molecule has 0 amide bonds. The molecule has 27 heavy (non-hydrogen) atoms. The van der Waals surface area contributed by atoms with Crippen molar-refractivity contribution in [1.29, 1.82) is 0 Å². The summed E-state index contributed by atoms with van der Waals surface area (Å²) in [7, 11) is 3.30. The van der Waals surface area contributed by atoms with Gasteiger partial charge < -0.3 is 14.4 Å². The molecular weight excluding hydrogens is 338 g/mol. The Morgan fingerprint density at radius 1 is 1.00 bits per heavy atom. The van der Waals surface area contributed by atoms with Crippen LogP contribution in [0.3, 0.4) is 0 Å². The molecule has 1 N–H and O–H groups in total. The van der Waals surface area contributed by atoms with Crippen molar-refractivity contribution >= 4 is 5.84 Å². The smallest absolute Gasteiger partial charge is 0.161 e. The Bertz CT molecular complexity index is 890. The summed E-state index contributed by atoms with van der Waals surface area (Å²) in [5, 5.41) is 3.66. The molecule has 0 spiro atoms. The predicted octanol–water partition coefficient (Wildman–Crippen LogP) is 3.66. The lowest BCUT2D eigenvalue weighted by Gasteiger charge is -2.29. The van der Waals surface area contributed by atoms with Gasteiger partial charge in [-0.15, -0.1) is 0 Å². The molecule has 0 saturated heterocycles. The lowest BCUT2D eigenvalue weighted by Crippen LogP contribution is -2.44. The van der Waals surface area contributed by atoms with Crippen molar-refractivity contribution in [2.45, 2.75) is 18.8 Å². The van der Waals surface area contributed by atoms with E-state index in [1.165, 1.54) is 5.56 Å². The topological polar surface area (TPSA) is 46.1 Å². The number of fused-ring (bicyclic) bond motifs is 1. The highest BCUT2D eigenvalue weighted by atomic mass is 16.5. The number of ether oxygens (including phenoxy) is 2. The zero-order valence-electron chi connectivity index (χ0n) is 15.5. The van der Waals surface area contributed by atoms with Gasteiger partial charge in [0.05, 0.1) is 14.2 Å². The molecule has 0 saturated carbocycles. The molecule has 2 aliphatic rings. The quantitative estimate of drug-likeness (QED) is 0.853. The minimum atomic E-state index is 0.0359. The molecule has 0 bridgehead atoms. The Kier molecular flexibility index (Phi) is 4.94. The highest BCUT2D eigenvalue weighted by Gasteiger charge is 2.35. The van der Waals surface area contributed by atoms with Crippen molar-refractivity contribution in [3.63, 3.8) is 0 Å². The number of hydrogen-bond acceptors (Lipinski definition) is 5. The minimum Gasteiger partial charge on any atom is -0.493 e. The van der Waals surface area contributed by atoms with Crippen LogP contribution >= 0.6 is 0 Å². The van der Waals surface area contributed by atoms with Gasteiger partial charge in [-0.25, -0.2) is 0 Å². The van der Waals surface area contributed by atoms with E-state index in [-0.39, 0.29) is 12.2 Å². The Morgan fingerprint density at radius 2 is 1.81 bits per heavy atom. The summed E-state index contributed by atoms with van der Waals surface area (Å²) in [6.07, 6.45) is 8.24. The summed E-state index contributed by atoms with van der Waals surface area (Å²) in [5.74, 6) is 2.45. The van der Waals surface area contributed by atoms with Gasteiger partial charge in [0, 0.05) is 12.7 Å². The fourth-order valence-corrected chi connectivity index (χ4v) is 3.49. The molecular formula is C22H23N3O2. The van der Waals surface area contributed by atoms with Gasteiger partial charge in [0.2, 0.25) is 0 Å². The van der Waals surface area contributed by atoms with Crippen LogP contribution in [-0.2, 0) is 6.54 Å². The van der Waals surface area contributed by atoms with Gasteiger partial charge in [-0.2, -0.15) is 0 Å². The van der Waals surface area contributed by atoms with Crippen LogP contribution in [0.2, 0.25) is 0 Å². The lowest BCUT2D eigenvalue weighted by atomic mass is 10.0. The highest BCUT2D eigenvalue weighted by molar-refractivity contribution is 5.96. The summed E-state index contributed by atoms with van der Waals surface area (Å²) >= 11 is 0. The number of hydrogen-bond donors (Lipinski definition) is 1. The largest absolute Gasteiger partial charge is 0.493 e. The second kappa shape index (κ2) is 7.68. The first kappa shape index (κ1) is 17.4. The summed E-state index contributed by atoms with van der Waals surface area (Å²) in [4.78, 5) is 7.13. The number of allylic oxidation sites excluding steroid dienone is 2. The third-order valence-corrected chi connectivity index (χ3v) is 4.84. The van der Waals surface area contributed by atoms with E-state index in [2.05, 4.69) is 46.7 Å². The monoisotopic (exact) mass is 361 g/mol. The summed E-state index contributed by atoms with van der Waals surface area (Å²) < 4.78 is 10.7. The molecule has 2 heterocycles. The van der Waals surface area contributed by atoms with Crippen molar-refractivity contribution < 1.29 is 9.47 Å². The molecule has 0 aromatic heterocycles. The fraction of sp³-hybridized carbons (Fsp3) is 0.227. The van der Waals surface area contributed by atoms with Crippen molar-refractivity contribution in [3.8, 4) is 11.5 Å². The van der Waals surface area contributed by atoms with Gasteiger partial charge in [-0.05, 0) is 35.4 Å². The zero-order chi connectivity index (χ0) is 18.6. The van der Waals surface area contributed by atoms with Crippen molar-refractivity contribution in [2.75, 3.05) is 14.2 Å². The Balaban J connectivity index is 1.56. The van der Waals surface area contributed by atoms with E-state index >= 15 is 0 Å². The van der Waals surface area contributed by atoms with E-state index in [1.807, 2.05) is 36.4 Å². The Labute approximate surface area is 159 Å². The average molecular weight is 361 g/mol. The van der Waals surface area contributed by atoms with Crippen LogP contribution in [0, 0.1) is 0 Å². The summed E-state index contributed by atoms with van der Waals surface area (Å²) in [6.45, 7) is 0.700. The Morgan fingerprint density at radius 3 is 2.59 bits per heavy atom. The second-order valence-electron chi connectivity index (χ2n) is 6.47. The van der Waals surface area contributed by atoms with Crippen LogP contribution in [0.15, 0.2) is 78.0 Å². The van der Waals surface area contributed by atoms with Crippen LogP contribution in [0.4, 0.5) is 0 Å². The number of aliphatic imine (C=N–C) groups is 1. The van der Waals surface area contributed by atoms with Crippen molar-refractivity contribution in [1.82, 2.24) is 10.2 Å². The van der Waals surface area contributed by atoms with Crippen LogP contribution in [0.5, 0.6) is 11.5 Å². The van der Waals surface area contributed by atoms with E-state index < -0.39 is 0 Å². The molecule has 5 heteroatoms. The summed E-state index contributed by atoms with van der Waals surface area (Å²) in [6, 6.07) is 16.4. The third kappa shape index (κ3) is 3.46. The molecule has 138 valence electrons. The van der Waals surface area contributed by atoms with E-state index in [0.717, 1.165) is 22.9 Å². The van der Waals surface area contributed by atoms with Gasteiger partial charge in [0.15, 0.2) is 11.5 Å². The van der Waals surface area contributed by atoms with E-state index in [0.29, 0.717) is 6.54 Å². The van der Waals surface area contributed by atoms with Gasteiger partial charge in [0.1, 0.15) is 18.0 Å². The standard InChI is InChI=1S/C22H23N3O2/c1-26-18-12-11-16(14-19(18)27-2)15-23-22-21(17-8-4-3-5-9-17)24-20-10-6-7-13-25(20)22/h3-14,21-23H,15H2,1-2H3. The third-order valence-electron chi connectivity index (χ3n) is 4.84. The first-order valence-electron chi connectivity index (χ1n) is 9.00. The van der Waals surface area contributed by atoms with E-state index in [1.54, 1.807) is 14.2 Å². The number of methoxy groups -OCH3 is 2. The average Bonchev–Trinajstić information content (AvgIpc) is 3.11. The van der Waals surface area contributed by atoms with Crippen LogP contribution in [0.1, 0.15) is 17.2 Å². The van der Waals surface area contributed by atoms with Gasteiger partial charge in [0.25, 0.3) is 0 Å². The first-order valence-corrected chi connectivity index (χ1v) is 9.00. The number of benzene rings is 2. The number of amidine groups is 1. The van der Waals surface area contributed by atoms with Crippen LogP contribution in [-0.4, -0.2) is 31.1 Å². The summed E-state index contributed by atoms with van der Waals surface area (Å²) in [5.41, 5.74) is 2.33. The number of rotatable bonds is 6. The first-order chi connectivity index (χ1) is 13.3. The molecule has 2 aromatic rings. The van der Waals surface area contributed by atoms with Crippen LogP contribution < -0.4 is 14.8 Å². The molecule has 2 aromatic carbocycles. The minimum absolute atomic E-state index is 0.0359. The number of nitrogens with zero attached hydrogens (tertiary/aromatic N) is 2. The maximum Gasteiger partial charge on any atom is 0.161 e. The maximum atomic E-state index is 5.42. The van der Waals surface area contributed by atoms with Crippen molar-refractivity contribution in [3.05, 3.63) is 84.1 Å². The van der Waals surface area contributed by atoms with E-state index in [4.69, 9.17) is 14.5 Å². The van der Waals surface area contributed by atoms with Crippen molar-refractivity contribution in [2.24, 2.45) is 4.99 Å². The molecule has 5 nitrogen and oxygen atoms in total. The highest BCUT2D eigenvalue weighted by Crippen LogP contribution is 2.32. The van der Waals surface area contributed by atoms with Crippen LogP contribution in [0.25, 0.3) is 0 Å². The molecule has 2 atom stereocenters. The molecule has 0 radical (unpaired) electrons. The van der Waals surface area contributed by atoms with Gasteiger partial charge >= 0.3 is 0 Å². The molecule has 2 aliphatic heterocycles.